The number of fused-ring (bicyclic) bond motifs is 1. The lowest BCUT2D eigenvalue weighted by Gasteiger charge is -2.23. The van der Waals surface area contributed by atoms with Gasteiger partial charge in [0.15, 0.2) is 12.3 Å². The highest BCUT2D eigenvalue weighted by molar-refractivity contribution is 6.05. The minimum absolute atomic E-state index is 0.253. The number of likely N-dealkylation sites (tertiary alicyclic amines) is 1. The predicted octanol–water partition coefficient (Wildman–Crippen LogP) is 2.24. The standard InChI is InChI=1S/C21H17F2N3O3/c22-20-12-25(18(27)11-29-17-7-2-1-3-8-17)14-21(20,23)19(28)26(13-20)16-6-4-5-15(9-16)10-24/h1-9H,11-14H2/t20-,21+/m0/s1. The highest BCUT2D eigenvalue weighted by atomic mass is 19.2. The van der Waals surface area contributed by atoms with Crippen molar-refractivity contribution < 1.29 is 23.1 Å². The number of hydrogen-bond acceptors (Lipinski definition) is 4. The lowest BCUT2D eigenvalue weighted by molar-refractivity contribution is -0.134. The summed E-state index contributed by atoms with van der Waals surface area (Å²) in [7, 11) is 0. The van der Waals surface area contributed by atoms with Crippen molar-refractivity contribution in [2.75, 3.05) is 31.1 Å². The summed E-state index contributed by atoms with van der Waals surface area (Å²) in [6.45, 7) is -2.12. The quantitative estimate of drug-likeness (QED) is 0.793. The molecule has 2 aromatic carbocycles. The van der Waals surface area contributed by atoms with E-state index >= 15 is 8.78 Å². The molecule has 6 nitrogen and oxygen atoms in total. The Bertz CT molecular complexity index is 1010. The van der Waals surface area contributed by atoms with Gasteiger partial charge in [-0.15, -0.1) is 0 Å². The minimum atomic E-state index is -2.84. The number of amides is 2. The Labute approximate surface area is 165 Å². The molecule has 2 atom stereocenters. The second-order valence-corrected chi connectivity index (χ2v) is 7.17. The molecule has 148 valence electrons. The van der Waals surface area contributed by atoms with Gasteiger partial charge in [0.2, 0.25) is 5.67 Å². The van der Waals surface area contributed by atoms with Crippen molar-refractivity contribution in [1.29, 1.82) is 5.26 Å². The molecular formula is C21H17F2N3O3. The number of ether oxygens (including phenoxy) is 1. The van der Waals surface area contributed by atoms with E-state index in [2.05, 4.69) is 0 Å². The van der Waals surface area contributed by atoms with Gasteiger partial charge in [-0.2, -0.15) is 5.26 Å². The predicted molar refractivity (Wildman–Crippen MR) is 99.7 cm³/mol. The maximum absolute atomic E-state index is 15.5. The van der Waals surface area contributed by atoms with Gasteiger partial charge in [0.1, 0.15) is 5.75 Å². The molecule has 2 aliphatic heterocycles. The molecule has 4 rings (SSSR count). The van der Waals surface area contributed by atoms with E-state index in [1.807, 2.05) is 6.07 Å². The van der Waals surface area contributed by atoms with E-state index in [0.29, 0.717) is 5.75 Å². The van der Waals surface area contributed by atoms with Gasteiger partial charge in [-0.05, 0) is 30.3 Å². The molecule has 0 radical (unpaired) electrons. The first-order chi connectivity index (χ1) is 13.9. The molecule has 2 heterocycles. The fourth-order valence-corrected chi connectivity index (χ4v) is 3.74. The molecule has 2 amide bonds. The van der Waals surface area contributed by atoms with Gasteiger partial charge in [0.05, 0.1) is 31.3 Å². The monoisotopic (exact) mass is 397 g/mol. The Balaban J connectivity index is 1.48. The van der Waals surface area contributed by atoms with Crippen molar-refractivity contribution in [3.63, 3.8) is 0 Å². The minimum Gasteiger partial charge on any atom is -0.484 e. The smallest absolute Gasteiger partial charge is 0.270 e. The molecule has 0 spiro atoms. The van der Waals surface area contributed by atoms with Crippen LogP contribution in [0, 0.1) is 11.3 Å². The van der Waals surface area contributed by atoms with Gasteiger partial charge in [-0.3, -0.25) is 9.59 Å². The summed E-state index contributed by atoms with van der Waals surface area (Å²) in [5.41, 5.74) is -4.83. The van der Waals surface area contributed by atoms with Crippen LogP contribution in [-0.4, -0.2) is 54.3 Å². The molecule has 2 fully saturated rings. The van der Waals surface area contributed by atoms with Crippen molar-refractivity contribution in [2.45, 2.75) is 11.3 Å². The zero-order chi connectivity index (χ0) is 20.6. The number of para-hydroxylation sites is 1. The number of hydrogen-bond donors (Lipinski definition) is 0. The summed E-state index contributed by atoms with van der Waals surface area (Å²) in [6, 6.07) is 16.5. The van der Waals surface area contributed by atoms with E-state index in [0.717, 1.165) is 9.80 Å². The molecule has 2 aromatic rings. The average molecular weight is 397 g/mol. The summed E-state index contributed by atoms with van der Waals surface area (Å²) >= 11 is 0. The fourth-order valence-electron chi connectivity index (χ4n) is 3.74. The number of alkyl halides is 2. The molecule has 2 saturated heterocycles. The van der Waals surface area contributed by atoms with Crippen LogP contribution in [0.15, 0.2) is 54.6 Å². The van der Waals surface area contributed by atoms with Gasteiger partial charge in [0.25, 0.3) is 11.8 Å². The zero-order valence-corrected chi connectivity index (χ0v) is 15.3. The summed E-state index contributed by atoms with van der Waals surface area (Å²) in [5, 5.41) is 9.00. The van der Waals surface area contributed by atoms with Crippen molar-refractivity contribution in [1.82, 2.24) is 4.90 Å². The third-order valence-corrected chi connectivity index (χ3v) is 5.30. The maximum Gasteiger partial charge on any atom is 0.270 e. The number of halogens is 2. The van der Waals surface area contributed by atoms with Gasteiger partial charge in [-0.25, -0.2) is 8.78 Å². The van der Waals surface area contributed by atoms with Crippen LogP contribution >= 0.6 is 0 Å². The van der Waals surface area contributed by atoms with Crippen molar-refractivity contribution in [2.24, 2.45) is 0 Å². The van der Waals surface area contributed by atoms with E-state index in [1.54, 1.807) is 36.4 Å². The molecule has 2 aliphatic rings. The fraction of sp³-hybridized carbons (Fsp3) is 0.286. The number of rotatable bonds is 4. The van der Waals surface area contributed by atoms with Gasteiger partial charge < -0.3 is 14.5 Å². The molecule has 0 unspecified atom stereocenters. The second-order valence-electron chi connectivity index (χ2n) is 7.17. The molecule has 29 heavy (non-hydrogen) atoms. The Morgan fingerprint density at radius 3 is 2.55 bits per heavy atom. The first-order valence-electron chi connectivity index (χ1n) is 9.02. The zero-order valence-electron chi connectivity index (χ0n) is 15.3. The van der Waals surface area contributed by atoms with E-state index in [4.69, 9.17) is 10.00 Å². The van der Waals surface area contributed by atoms with E-state index in [1.165, 1.54) is 18.2 Å². The van der Waals surface area contributed by atoms with Crippen LogP contribution in [0.3, 0.4) is 0 Å². The Morgan fingerprint density at radius 2 is 1.86 bits per heavy atom. The molecule has 0 saturated carbocycles. The average Bonchev–Trinajstić information content (AvgIpc) is 3.12. The lowest BCUT2D eigenvalue weighted by atomic mass is 9.93. The van der Waals surface area contributed by atoms with E-state index in [-0.39, 0.29) is 17.9 Å². The number of carbonyl (C=O) groups is 2. The number of nitriles is 1. The molecule has 8 heteroatoms. The highest BCUT2D eigenvalue weighted by Crippen LogP contribution is 2.46. The summed E-state index contributed by atoms with van der Waals surface area (Å²) in [6.07, 6.45) is 0. The van der Waals surface area contributed by atoms with Gasteiger partial charge >= 0.3 is 0 Å². The largest absolute Gasteiger partial charge is 0.484 e. The number of carbonyl (C=O) groups excluding carboxylic acids is 2. The first-order valence-corrected chi connectivity index (χ1v) is 9.02. The van der Waals surface area contributed by atoms with Crippen LogP contribution < -0.4 is 9.64 Å². The first kappa shape index (κ1) is 18.9. The van der Waals surface area contributed by atoms with E-state index in [9.17, 15) is 9.59 Å². The van der Waals surface area contributed by atoms with Crippen LogP contribution in [0.1, 0.15) is 5.56 Å². The number of nitrogens with zero attached hydrogens (tertiary/aromatic N) is 3. The number of anilines is 1. The Morgan fingerprint density at radius 1 is 1.10 bits per heavy atom. The SMILES string of the molecule is N#Cc1cccc(N2C[C@@]3(F)CN(C(=O)COc4ccccc4)C[C@@]3(F)C2=O)c1. The molecule has 0 N–H and O–H groups in total. The van der Waals surface area contributed by atoms with Crippen LogP contribution in [0.25, 0.3) is 0 Å². The normalized spacial score (nSPS) is 25.6. The second kappa shape index (κ2) is 6.85. The van der Waals surface area contributed by atoms with Crippen LogP contribution in [0.5, 0.6) is 5.75 Å². The molecule has 0 bridgehead atoms. The van der Waals surface area contributed by atoms with Crippen LogP contribution in [0.2, 0.25) is 0 Å². The Kier molecular flexibility index (Phi) is 4.46. The Hall–Kier alpha value is -3.47. The topological polar surface area (TPSA) is 73.6 Å². The van der Waals surface area contributed by atoms with Gasteiger partial charge in [-0.1, -0.05) is 24.3 Å². The number of benzene rings is 2. The maximum atomic E-state index is 15.5. The third-order valence-electron chi connectivity index (χ3n) is 5.30. The van der Waals surface area contributed by atoms with Gasteiger partial charge in [0, 0.05) is 5.69 Å². The van der Waals surface area contributed by atoms with Crippen molar-refractivity contribution in [3.8, 4) is 11.8 Å². The van der Waals surface area contributed by atoms with Crippen LogP contribution in [-0.2, 0) is 9.59 Å². The summed E-state index contributed by atoms with van der Waals surface area (Å²) in [4.78, 5) is 27.1. The summed E-state index contributed by atoms with van der Waals surface area (Å²) in [5.74, 6) is -1.18. The molecular weight excluding hydrogens is 380 g/mol. The highest BCUT2D eigenvalue weighted by Gasteiger charge is 2.72. The van der Waals surface area contributed by atoms with Crippen LogP contribution in [0.4, 0.5) is 14.5 Å². The van der Waals surface area contributed by atoms with Crippen molar-refractivity contribution >= 4 is 17.5 Å². The summed E-state index contributed by atoms with van der Waals surface area (Å²) < 4.78 is 36.3. The third kappa shape index (κ3) is 3.09. The lowest BCUT2D eigenvalue weighted by Crippen LogP contribution is -2.47. The molecule has 0 aliphatic carbocycles. The van der Waals surface area contributed by atoms with Crippen molar-refractivity contribution in [3.05, 3.63) is 60.2 Å². The molecule has 0 aromatic heterocycles. The van der Waals surface area contributed by atoms with E-state index < -0.39 is 42.8 Å².